The summed E-state index contributed by atoms with van der Waals surface area (Å²) in [6, 6.07) is 10.0. The van der Waals surface area contributed by atoms with E-state index >= 15 is 0 Å². The summed E-state index contributed by atoms with van der Waals surface area (Å²) < 4.78 is 22.9. The van der Waals surface area contributed by atoms with Crippen LogP contribution in [0.25, 0.3) is 0 Å². The Morgan fingerprint density at radius 3 is 2.60 bits per heavy atom. The third-order valence-corrected chi connectivity index (χ3v) is 4.33. The van der Waals surface area contributed by atoms with Gasteiger partial charge >= 0.3 is 0 Å². The van der Waals surface area contributed by atoms with Crippen molar-refractivity contribution in [3.05, 3.63) is 45.9 Å². The second-order valence-corrected chi connectivity index (χ2v) is 6.92. The van der Waals surface area contributed by atoms with Crippen LogP contribution in [0.2, 0.25) is 0 Å². The summed E-state index contributed by atoms with van der Waals surface area (Å²) in [5, 5.41) is 3.43. The van der Waals surface area contributed by atoms with E-state index in [9.17, 15) is 0 Å². The summed E-state index contributed by atoms with van der Waals surface area (Å²) in [5.74, 6) is 3.07. The molecular weight excluding hydrogens is 386 g/mol. The van der Waals surface area contributed by atoms with Crippen molar-refractivity contribution in [2.75, 3.05) is 13.9 Å². The second kappa shape index (κ2) is 7.97. The maximum atomic E-state index is 5.82. The first-order valence-electron chi connectivity index (χ1n) is 8.19. The first kappa shape index (κ1) is 17.9. The lowest BCUT2D eigenvalue weighted by Crippen LogP contribution is -2.13. The van der Waals surface area contributed by atoms with E-state index in [2.05, 4.69) is 21.2 Å². The highest BCUT2D eigenvalue weighted by Crippen LogP contribution is 2.37. The molecule has 0 saturated carbocycles. The van der Waals surface area contributed by atoms with Gasteiger partial charge in [0.2, 0.25) is 6.79 Å². The summed E-state index contributed by atoms with van der Waals surface area (Å²) in [7, 11) is 1.65. The fourth-order valence-electron chi connectivity index (χ4n) is 2.63. The number of halogens is 1. The Bertz CT molecular complexity index is 748. The zero-order chi connectivity index (χ0) is 17.8. The standard InChI is InChI=1S/C19H22BrNO4/c1-12(2)25-19-15(20)6-14(8-18(19)22-3)10-21-9-13-4-5-16-17(7-13)24-11-23-16/h4-8,12,21H,9-11H2,1-3H3. The van der Waals surface area contributed by atoms with Crippen LogP contribution in [-0.2, 0) is 13.1 Å². The van der Waals surface area contributed by atoms with E-state index in [0.29, 0.717) is 13.3 Å². The average Bonchev–Trinajstić information content (AvgIpc) is 3.04. The van der Waals surface area contributed by atoms with Gasteiger partial charge in [-0.05, 0) is 65.2 Å². The topological polar surface area (TPSA) is 49.0 Å². The summed E-state index contributed by atoms with van der Waals surface area (Å²) >= 11 is 3.57. The molecule has 0 bridgehead atoms. The zero-order valence-electron chi connectivity index (χ0n) is 14.6. The van der Waals surface area contributed by atoms with Gasteiger partial charge in [0.15, 0.2) is 23.0 Å². The molecule has 0 atom stereocenters. The van der Waals surface area contributed by atoms with Crippen LogP contribution in [-0.4, -0.2) is 20.0 Å². The zero-order valence-corrected chi connectivity index (χ0v) is 16.2. The second-order valence-electron chi connectivity index (χ2n) is 6.07. The van der Waals surface area contributed by atoms with Gasteiger partial charge in [0.1, 0.15) is 0 Å². The number of nitrogens with one attached hydrogen (secondary N) is 1. The fraction of sp³-hybridized carbons (Fsp3) is 0.368. The maximum absolute atomic E-state index is 5.82. The number of hydrogen-bond donors (Lipinski definition) is 1. The van der Waals surface area contributed by atoms with Crippen LogP contribution in [0.5, 0.6) is 23.0 Å². The van der Waals surface area contributed by atoms with Crippen molar-refractivity contribution in [3.8, 4) is 23.0 Å². The SMILES string of the molecule is COc1cc(CNCc2ccc3c(c2)OCO3)cc(Br)c1OC(C)C. The normalized spacial score (nSPS) is 12.5. The molecule has 0 fully saturated rings. The lowest BCUT2D eigenvalue weighted by atomic mass is 10.1. The molecule has 0 aliphatic carbocycles. The first-order valence-corrected chi connectivity index (χ1v) is 8.98. The molecule has 25 heavy (non-hydrogen) atoms. The minimum Gasteiger partial charge on any atom is -0.493 e. The molecule has 1 N–H and O–H groups in total. The molecular formula is C19H22BrNO4. The van der Waals surface area contributed by atoms with Crippen molar-refractivity contribution >= 4 is 15.9 Å². The molecule has 0 aromatic heterocycles. The Kier molecular flexibility index (Phi) is 5.71. The molecule has 0 radical (unpaired) electrons. The minimum atomic E-state index is 0.0835. The molecule has 0 amide bonds. The van der Waals surface area contributed by atoms with Gasteiger partial charge in [-0.15, -0.1) is 0 Å². The van der Waals surface area contributed by atoms with Gasteiger partial charge in [0.25, 0.3) is 0 Å². The van der Waals surface area contributed by atoms with E-state index in [1.807, 2.05) is 44.2 Å². The van der Waals surface area contributed by atoms with E-state index < -0.39 is 0 Å². The summed E-state index contributed by atoms with van der Waals surface area (Å²) in [6.45, 7) is 5.73. The number of benzene rings is 2. The number of methoxy groups -OCH3 is 1. The lowest BCUT2D eigenvalue weighted by molar-refractivity contribution is 0.174. The molecule has 0 saturated heterocycles. The number of rotatable bonds is 7. The summed E-state index contributed by atoms with van der Waals surface area (Å²) in [4.78, 5) is 0. The molecule has 134 valence electrons. The quantitative estimate of drug-likeness (QED) is 0.742. The van der Waals surface area contributed by atoms with E-state index in [1.165, 1.54) is 0 Å². The minimum absolute atomic E-state index is 0.0835. The molecule has 0 unspecified atom stereocenters. The van der Waals surface area contributed by atoms with Gasteiger partial charge in [0.05, 0.1) is 17.7 Å². The molecule has 0 spiro atoms. The third-order valence-electron chi connectivity index (χ3n) is 3.74. The van der Waals surface area contributed by atoms with E-state index in [-0.39, 0.29) is 6.10 Å². The van der Waals surface area contributed by atoms with Crippen LogP contribution in [0.3, 0.4) is 0 Å². The Labute approximate surface area is 156 Å². The number of fused-ring (bicyclic) bond motifs is 1. The molecule has 1 heterocycles. The van der Waals surface area contributed by atoms with Crippen LogP contribution in [0, 0.1) is 0 Å². The lowest BCUT2D eigenvalue weighted by Gasteiger charge is -2.17. The Hall–Kier alpha value is -1.92. The summed E-state index contributed by atoms with van der Waals surface area (Å²) in [6.07, 6.45) is 0.0835. The smallest absolute Gasteiger partial charge is 0.231 e. The Morgan fingerprint density at radius 2 is 1.84 bits per heavy atom. The van der Waals surface area contributed by atoms with Gasteiger partial charge in [0, 0.05) is 13.1 Å². The monoisotopic (exact) mass is 407 g/mol. The van der Waals surface area contributed by atoms with Crippen molar-refractivity contribution in [3.63, 3.8) is 0 Å². The fourth-order valence-corrected chi connectivity index (χ4v) is 3.21. The maximum Gasteiger partial charge on any atom is 0.231 e. The van der Waals surface area contributed by atoms with Crippen molar-refractivity contribution in [1.82, 2.24) is 5.32 Å². The molecule has 2 aromatic carbocycles. The van der Waals surface area contributed by atoms with Crippen molar-refractivity contribution in [2.24, 2.45) is 0 Å². The molecule has 6 heteroatoms. The van der Waals surface area contributed by atoms with E-state index in [4.69, 9.17) is 18.9 Å². The van der Waals surface area contributed by atoms with Gasteiger partial charge in [-0.25, -0.2) is 0 Å². The highest BCUT2D eigenvalue weighted by atomic mass is 79.9. The van der Waals surface area contributed by atoms with Crippen LogP contribution >= 0.6 is 15.9 Å². The third kappa shape index (κ3) is 4.38. The molecule has 1 aliphatic rings. The average molecular weight is 408 g/mol. The van der Waals surface area contributed by atoms with E-state index in [0.717, 1.165) is 45.1 Å². The highest BCUT2D eigenvalue weighted by molar-refractivity contribution is 9.10. The van der Waals surface area contributed by atoms with Crippen molar-refractivity contribution in [1.29, 1.82) is 0 Å². The molecule has 1 aliphatic heterocycles. The van der Waals surface area contributed by atoms with Gasteiger partial charge in [-0.2, -0.15) is 0 Å². The van der Waals surface area contributed by atoms with Crippen LogP contribution in [0.15, 0.2) is 34.8 Å². The van der Waals surface area contributed by atoms with Crippen LogP contribution < -0.4 is 24.3 Å². The predicted octanol–water partition coefficient (Wildman–Crippen LogP) is 4.26. The van der Waals surface area contributed by atoms with Crippen LogP contribution in [0.4, 0.5) is 0 Å². The van der Waals surface area contributed by atoms with E-state index in [1.54, 1.807) is 7.11 Å². The predicted molar refractivity (Wildman–Crippen MR) is 99.6 cm³/mol. The molecule has 3 rings (SSSR count). The van der Waals surface area contributed by atoms with Gasteiger partial charge in [-0.1, -0.05) is 6.07 Å². The molecule has 5 nitrogen and oxygen atoms in total. The largest absolute Gasteiger partial charge is 0.493 e. The number of ether oxygens (including phenoxy) is 4. The Balaban J connectivity index is 1.64. The van der Waals surface area contributed by atoms with Gasteiger partial charge in [-0.3, -0.25) is 0 Å². The Morgan fingerprint density at radius 1 is 1.08 bits per heavy atom. The number of hydrogen-bond acceptors (Lipinski definition) is 5. The summed E-state index contributed by atoms with van der Waals surface area (Å²) in [5.41, 5.74) is 2.26. The van der Waals surface area contributed by atoms with Crippen molar-refractivity contribution in [2.45, 2.75) is 33.0 Å². The van der Waals surface area contributed by atoms with Crippen molar-refractivity contribution < 1.29 is 18.9 Å². The van der Waals surface area contributed by atoms with Gasteiger partial charge < -0.3 is 24.3 Å². The first-order chi connectivity index (χ1) is 12.1. The molecule has 2 aromatic rings. The highest BCUT2D eigenvalue weighted by Gasteiger charge is 2.14. The van der Waals surface area contributed by atoms with Crippen LogP contribution in [0.1, 0.15) is 25.0 Å².